The number of carbonyl (C=O) groups is 2. The third-order valence-electron chi connectivity index (χ3n) is 3.66. The van der Waals surface area contributed by atoms with E-state index in [1.807, 2.05) is 17.5 Å². The van der Waals surface area contributed by atoms with E-state index >= 15 is 0 Å². The Morgan fingerprint density at radius 1 is 1.36 bits per heavy atom. The molecular weight excluding hydrogens is 454 g/mol. The predicted molar refractivity (Wildman–Crippen MR) is 108 cm³/mol. The summed E-state index contributed by atoms with van der Waals surface area (Å²) in [4.78, 5) is 26.8. The standard InChI is InChI=1S/C19H19BrF2N2O3S/c1-2-24(12-17(25)23-11-15-4-3-9-28-15)18(26)8-5-13-10-14(20)6-7-16(13)27-19(21)22/h3-10,19H,2,11-12H2,1H3,(H,23,25)/b8-5+. The maximum absolute atomic E-state index is 12.5. The quantitative estimate of drug-likeness (QED) is 0.553. The number of rotatable bonds is 9. The van der Waals surface area contributed by atoms with Crippen LogP contribution in [0.15, 0.2) is 46.3 Å². The highest BCUT2D eigenvalue weighted by Crippen LogP contribution is 2.26. The van der Waals surface area contributed by atoms with Gasteiger partial charge in [0, 0.05) is 27.5 Å². The summed E-state index contributed by atoms with van der Waals surface area (Å²) in [5, 5.41) is 4.68. The average Bonchev–Trinajstić information content (AvgIpc) is 3.17. The van der Waals surface area contributed by atoms with Gasteiger partial charge < -0.3 is 15.0 Å². The molecule has 0 spiro atoms. The van der Waals surface area contributed by atoms with Crippen molar-refractivity contribution in [1.82, 2.24) is 10.2 Å². The zero-order valence-electron chi connectivity index (χ0n) is 15.0. The third kappa shape index (κ3) is 7.05. The van der Waals surface area contributed by atoms with Crippen LogP contribution in [-0.2, 0) is 16.1 Å². The van der Waals surface area contributed by atoms with Crippen molar-refractivity contribution in [2.75, 3.05) is 13.1 Å². The second kappa shape index (κ2) is 10.9. The van der Waals surface area contributed by atoms with E-state index in [1.165, 1.54) is 34.5 Å². The molecule has 1 heterocycles. The minimum absolute atomic E-state index is 0.0426. The second-order valence-corrected chi connectivity index (χ2v) is 7.55. The molecule has 2 rings (SSSR count). The third-order valence-corrected chi connectivity index (χ3v) is 5.03. The van der Waals surface area contributed by atoms with Gasteiger partial charge in [0.15, 0.2) is 0 Å². The fourth-order valence-corrected chi connectivity index (χ4v) is 3.32. The van der Waals surface area contributed by atoms with Crippen LogP contribution in [0.2, 0.25) is 0 Å². The van der Waals surface area contributed by atoms with E-state index in [0.29, 0.717) is 23.1 Å². The number of nitrogens with one attached hydrogen (secondary N) is 1. The Morgan fingerprint density at radius 2 is 2.14 bits per heavy atom. The first kappa shape index (κ1) is 22.0. The zero-order valence-corrected chi connectivity index (χ0v) is 17.4. The molecule has 5 nitrogen and oxygen atoms in total. The smallest absolute Gasteiger partial charge is 0.387 e. The molecule has 0 bridgehead atoms. The highest BCUT2D eigenvalue weighted by Gasteiger charge is 2.14. The van der Waals surface area contributed by atoms with Crippen molar-refractivity contribution in [2.45, 2.75) is 20.1 Å². The predicted octanol–water partition coefficient (Wildman–Crippen LogP) is 4.29. The largest absolute Gasteiger partial charge is 0.434 e. The lowest BCUT2D eigenvalue weighted by Crippen LogP contribution is -2.39. The molecule has 1 N–H and O–H groups in total. The van der Waals surface area contributed by atoms with Crippen molar-refractivity contribution in [1.29, 1.82) is 0 Å². The number of hydrogen-bond acceptors (Lipinski definition) is 4. The van der Waals surface area contributed by atoms with Gasteiger partial charge in [-0.15, -0.1) is 11.3 Å². The van der Waals surface area contributed by atoms with E-state index in [1.54, 1.807) is 19.1 Å². The van der Waals surface area contributed by atoms with Crippen LogP contribution in [-0.4, -0.2) is 36.4 Å². The molecule has 9 heteroatoms. The van der Waals surface area contributed by atoms with E-state index in [-0.39, 0.29) is 18.2 Å². The summed E-state index contributed by atoms with van der Waals surface area (Å²) in [6.45, 7) is -0.575. The molecule has 1 aromatic heterocycles. The SMILES string of the molecule is CCN(CC(=O)NCc1cccs1)C(=O)/C=C/c1cc(Br)ccc1OC(F)F. The molecular formula is C19H19BrF2N2O3S. The van der Waals surface area contributed by atoms with Gasteiger partial charge in [-0.3, -0.25) is 9.59 Å². The number of ether oxygens (including phenoxy) is 1. The highest BCUT2D eigenvalue weighted by atomic mass is 79.9. The first-order chi connectivity index (χ1) is 13.4. The number of carbonyl (C=O) groups excluding carboxylic acids is 2. The lowest BCUT2D eigenvalue weighted by atomic mass is 10.2. The first-order valence-electron chi connectivity index (χ1n) is 8.39. The van der Waals surface area contributed by atoms with E-state index in [2.05, 4.69) is 26.0 Å². The molecule has 2 amide bonds. The van der Waals surface area contributed by atoms with Crippen molar-refractivity contribution in [3.05, 3.63) is 56.7 Å². The van der Waals surface area contributed by atoms with Gasteiger partial charge in [-0.1, -0.05) is 22.0 Å². The lowest BCUT2D eigenvalue weighted by molar-refractivity contribution is -0.132. The summed E-state index contributed by atoms with van der Waals surface area (Å²) in [6.07, 6.45) is 2.62. The van der Waals surface area contributed by atoms with Crippen LogP contribution in [0.4, 0.5) is 8.78 Å². The van der Waals surface area contributed by atoms with Gasteiger partial charge in [-0.05, 0) is 42.6 Å². The summed E-state index contributed by atoms with van der Waals surface area (Å²) >= 11 is 4.79. The van der Waals surface area contributed by atoms with Crippen LogP contribution in [0.3, 0.4) is 0 Å². The number of alkyl halides is 2. The normalized spacial score (nSPS) is 11.0. The van der Waals surface area contributed by atoms with Crippen LogP contribution < -0.4 is 10.1 Å². The Morgan fingerprint density at radius 3 is 2.79 bits per heavy atom. The summed E-state index contributed by atoms with van der Waals surface area (Å²) in [7, 11) is 0. The molecule has 150 valence electrons. The molecule has 0 fully saturated rings. The Hall–Kier alpha value is -2.26. The molecule has 0 aliphatic rings. The molecule has 0 aliphatic heterocycles. The highest BCUT2D eigenvalue weighted by molar-refractivity contribution is 9.10. The van der Waals surface area contributed by atoms with E-state index in [4.69, 9.17) is 0 Å². The number of hydrogen-bond donors (Lipinski definition) is 1. The molecule has 0 saturated heterocycles. The van der Waals surface area contributed by atoms with Gasteiger partial charge in [-0.2, -0.15) is 8.78 Å². The average molecular weight is 473 g/mol. The van der Waals surface area contributed by atoms with Crippen LogP contribution in [0.1, 0.15) is 17.4 Å². The van der Waals surface area contributed by atoms with Crippen LogP contribution in [0, 0.1) is 0 Å². The molecule has 0 unspecified atom stereocenters. The van der Waals surface area contributed by atoms with Gasteiger partial charge in [-0.25, -0.2) is 0 Å². The molecule has 1 aromatic carbocycles. The molecule has 0 aliphatic carbocycles. The number of halogens is 3. The number of amides is 2. The van der Waals surface area contributed by atoms with Gasteiger partial charge in [0.1, 0.15) is 5.75 Å². The van der Waals surface area contributed by atoms with Crippen LogP contribution >= 0.6 is 27.3 Å². The lowest BCUT2D eigenvalue weighted by Gasteiger charge is -2.18. The Bertz CT molecular complexity index is 829. The number of nitrogens with zero attached hydrogens (tertiary/aromatic N) is 1. The monoisotopic (exact) mass is 472 g/mol. The Balaban J connectivity index is 1.99. The fraction of sp³-hybridized carbons (Fsp3) is 0.263. The summed E-state index contributed by atoms with van der Waals surface area (Å²) in [6, 6.07) is 8.31. The van der Waals surface area contributed by atoms with Crippen molar-refractivity contribution >= 4 is 45.2 Å². The van der Waals surface area contributed by atoms with Crippen LogP contribution in [0.25, 0.3) is 6.08 Å². The zero-order chi connectivity index (χ0) is 20.5. The van der Waals surface area contributed by atoms with E-state index in [9.17, 15) is 18.4 Å². The van der Waals surface area contributed by atoms with Crippen molar-refractivity contribution < 1.29 is 23.1 Å². The van der Waals surface area contributed by atoms with E-state index in [0.717, 1.165) is 4.88 Å². The molecule has 0 atom stereocenters. The number of benzene rings is 1. The fourth-order valence-electron chi connectivity index (χ4n) is 2.29. The van der Waals surface area contributed by atoms with Crippen molar-refractivity contribution in [2.24, 2.45) is 0 Å². The first-order valence-corrected chi connectivity index (χ1v) is 10.1. The molecule has 0 saturated carbocycles. The maximum Gasteiger partial charge on any atom is 0.387 e. The van der Waals surface area contributed by atoms with E-state index < -0.39 is 12.5 Å². The summed E-state index contributed by atoms with van der Waals surface area (Å²) in [5.74, 6) is -0.725. The van der Waals surface area contributed by atoms with Gasteiger partial charge in [0.05, 0.1) is 13.1 Å². The minimum atomic E-state index is -2.97. The van der Waals surface area contributed by atoms with Crippen molar-refractivity contribution in [3.8, 4) is 5.75 Å². The molecule has 2 aromatic rings. The summed E-state index contributed by atoms with van der Waals surface area (Å²) in [5.41, 5.74) is 0.321. The second-order valence-electron chi connectivity index (χ2n) is 5.60. The Kier molecular flexibility index (Phi) is 8.59. The van der Waals surface area contributed by atoms with Crippen LogP contribution in [0.5, 0.6) is 5.75 Å². The molecule has 0 radical (unpaired) electrons. The van der Waals surface area contributed by atoms with Gasteiger partial charge in [0.2, 0.25) is 11.8 Å². The maximum atomic E-state index is 12.5. The number of likely N-dealkylation sites (N-methyl/N-ethyl adjacent to an activating group) is 1. The van der Waals surface area contributed by atoms with Crippen molar-refractivity contribution in [3.63, 3.8) is 0 Å². The topological polar surface area (TPSA) is 58.6 Å². The summed E-state index contributed by atoms with van der Waals surface area (Å²) < 4.78 is 30.2. The minimum Gasteiger partial charge on any atom is -0.434 e. The van der Waals surface area contributed by atoms with Gasteiger partial charge >= 0.3 is 6.61 Å². The number of thiophene rings is 1. The Labute approximate surface area is 174 Å². The van der Waals surface area contributed by atoms with Gasteiger partial charge in [0.25, 0.3) is 0 Å². The molecule has 28 heavy (non-hydrogen) atoms.